The number of para-hydroxylation sites is 4. The first-order valence-electron chi connectivity index (χ1n) is 43.6. The fourth-order valence-corrected chi connectivity index (χ4v) is 16.4. The van der Waals surface area contributed by atoms with Crippen molar-refractivity contribution in [3.63, 3.8) is 0 Å². The highest BCUT2D eigenvalue weighted by atomic mass is 15.2. The first kappa shape index (κ1) is 84.2. The van der Waals surface area contributed by atoms with Crippen LogP contribution in [0.15, 0.2) is 413 Å². The van der Waals surface area contributed by atoms with Gasteiger partial charge in [-0.15, -0.1) is 0 Å². The largest absolute Gasteiger partial charge is 0.310 e. The van der Waals surface area contributed by atoms with Crippen molar-refractivity contribution in [2.45, 2.75) is 81.1 Å². The van der Waals surface area contributed by atoms with E-state index in [-0.39, 0.29) is 0 Å². The van der Waals surface area contributed by atoms with Crippen LogP contribution in [-0.2, 0) is 25.7 Å². The molecule has 16 aromatic rings. The van der Waals surface area contributed by atoms with Crippen LogP contribution >= 0.6 is 0 Å². The zero-order chi connectivity index (χ0) is 85.4. The average molecular weight is 1610 g/mol. The molecule has 0 radical (unpaired) electrons. The van der Waals surface area contributed by atoms with E-state index in [1.807, 2.05) is 12.1 Å². The van der Waals surface area contributed by atoms with E-state index in [9.17, 15) is 0 Å². The molecular formula is C120H108N4. The van der Waals surface area contributed by atoms with Gasteiger partial charge in [-0.3, -0.25) is 0 Å². The van der Waals surface area contributed by atoms with Crippen molar-refractivity contribution in [1.82, 2.24) is 0 Å². The Labute approximate surface area is 736 Å². The van der Waals surface area contributed by atoms with Crippen LogP contribution in [0, 0.1) is 27.7 Å². The van der Waals surface area contributed by atoms with E-state index in [2.05, 4.69) is 524 Å². The van der Waals surface area contributed by atoms with Crippen molar-refractivity contribution in [2.75, 3.05) is 19.6 Å². The monoisotopic (exact) mass is 1600 g/mol. The summed E-state index contributed by atoms with van der Waals surface area (Å²) in [6, 6.07) is 140. The fourth-order valence-electron chi connectivity index (χ4n) is 16.4. The number of nitrogens with zero attached hydrogens (tertiary/aromatic N) is 4. The van der Waals surface area contributed by atoms with E-state index >= 15 is 0 Å². The van der Waals surface area contributed by atoms with Gasteiger partial charge in [-0.2, -0.15) is 0 Å². The normalized spacial score (nSPS) is 11.5. The molecule has 0 fully saturated rings. The molecule has 0 aliphatic rings. The van der Waals surface area contributed by atoms with Gasteiger partial charge in [-0.1, -0.05) is 392 Å². The zero-order valence-corrected chi connectivity index (χ0v) is 72.5. The predicted molar refractivity (Wildman–Crippen MR) is 539 cm³/mol. The molecule has 4 nitrogen and oxygen atoms in total. The first-order chi connectivity index (χ1) is 61.0. The third-order valence-corrected chi connectivity index (χ3v) is 23.0. The van der Waals surface area contributed by atoms with Crippen LogP contribution in [0.4, 0.5) is 68.2 Å². The summed E-state index contributed by atoms with van der Waals surface area (Å²) in [7, 11) is 0. The number of hydrogen-bond acceptors (Lipinski definition) is 4. The molecule has 0 bridgehead atoms. The SMILES string of the molecule is CCc1cccc(C)c1N(c1ccc(/C=C/C=C/c2ccccc2)cc1)c1ccc(-c2ccc(N(c3ccc(/C=C/C=C/c4ccccc4)cc3)c3c(C)cccc3CC)cc2)cc1.CCc1cccc(C)c1N(c1ccc(/C=C/c2ccccc2)cc1)c1ccc(-c2ccc(N(c3ccc(/C=C/c4ccccc4)cc3)c3c(C)cccc3CC)cc2)cc1. The topological polar surface area (TPSA) is 13.0 Å². The third-order valence-electron chi connectivity index (χ3n) is 23.0. The van der Waals surface area contributed by atoms with Gasteiger partial charge in [-0.05, 0) is 262 Å². The molecule has 0 atom stereocenters. The Morgan fingerprint density at radius 3 is 0.508 bits per heavy atom. The summed E-state index contributed by atoms with van der Waals surface area (Å²) in [4.78, 5) is 9.66. The van der Waals surface area contributed by atoms with E-state index in [4.69, 9.17) is 0 Å². The van der Waals surface area contributed by atoms with Crippen LogP contribution in [0.5, 0.6) is 0 Å². The molecule has 16 aromatic carbocycles. The maximum atomic E-state index is 2.42. The van der Waals surface area contributed by atoms with E-state index in [1.165, 1.54) is 123 Å². The van der Waals surface area contributed by atoms with Crippen molar-refractivity contribution >= 4 is 117 Å². The van der Waals surface area contributed by atoms with Crippen molar-refractivity contribution in [1.29, 1.82) is 0 Å². The standard InChI is InChI=1S/C62H56N2.C58H52N2/c1-5-53-29-17-19-47(3)61(53)63(57-39-31-51(32-40-57)27-15-13-25-49-21-9-7-10-22-49)59-43-35-55(36-44-59)56-37-45-60(46-38-56)64(62-48(4)20-18-30-54(62)6-2)58-41-33-52(34-42-58)28-16-14-26-50-23-11-8-12-24-50;1-5-49-21-13-15-43(3)57(49)59(53-35-27-47(28-36-53)25-23-45-17-9-7-10-18-45)55-39-31-51(32-40-55)52-33-41-56(42-34-52)60(58-44(4)16-14-22-50(58)6-2)54-37-29-48(30-38-54)26-24-46-19-11-8-12-20-46/h7-46H,5-6H2,1-4H3;7-42H,5-6H2,1-4H3/b25-13+,26-14+,27-15+,28-16+;25-23+,26-24+. The smallest absolute Gasteiger partial charge is 0.0522 e. The van der Waals surface area contributed by atoms with Gasteiger partial charge in [0.05, 0.1) is 22.7 Å². The Bertz CT molecular complexity index is 5950. The van der Waals surface area contributed by atoms with E-state index < -0.39 is 0 Å². The molecule has 0 aromatic heterocycles. The van der Waals surface area contributed by atoms with Gasteiger partial charge in [-0.25, -0.2) is 0 Å². The molecule has 0 spiro atoms. The number of aryl methyl sites for hydroxylation is 8. The Morgan fingerprint density at radius 1 is 0.161 bits per heavy atom. The predicted octanol–water partition coefficient (Wildman–Crippen LogP) is 33.9. The maximum Gasteiger partial charge on any atom is 0.0522 e. The molecular weight excluding hydrogens is 1500 g/mol. The highest BCUT2D eigenvalue weighted by Gasteiger charge is 2.24. The van der Waals surface area contributed by atoms with Crippen LogP contribution in [-0.4, -0.2) is 0 Å². The van der Waals surface area contributed by atoms with Gasteiger partial charge in [0.25, 0.3) is 0 Å². The van der Waals surface area contributed by atoms with Crippen molar-refractivity contribution in [3.8, 4) is 22.3 Å². The second-order valence-corrected chi connectivity index (χ2v) is 31.4. The van der Waals surface area contributed by atoms with Crippen LogP contribution in [0.25, 0.3) is 70.9 Å². The molecule has 16 rings (SSSR count). The van der Waals surface area contributed by atoms with Gasteiger partial charge < -0.3 is 19.6 Å². The second kappa shape index (κ2) is 41.4. The summed E-state index contributed by atoms with van der Waals surface area (Å²) in [5, 5.41) is 0. The summed E-state index contributed by atoms with van der Waals surface area (Å²) in [5.41, 5.74) is 38.4. The van der Waals surface area contributed by atoms with Gasteiger partial charge in [0.2, 0.25) is 0 Å². The molecule has 0 N–H and O–H groups in total. The number of allylic oxidation sites excluding steroid dienone is 4. The quantitative estimate of drug-likeness (QED) is 0.0358. The number of rotatable bonds is 28. The van der Waals surface area contributed by atoms with Crippen molar-refractivity contribution < 1.29 is 0 Å². The lowest BCUT2D eigenvalue weighted by atomic mass is 10.0. The Hall–Kier alpha value is -14.8. The minimum absolute atomic E-state index is 0.944. The van der Waals surface area contributed by atoms with E-state index in [0.717, 1.165) is 82.3 Å². The maximum absolute atomic E-state index is 2.42. The van der Waals surface area contributed by atoms with Crippen molar-refractivity contribution in [2.24, 2.45) is 0 Å². The molecule has 608 valence electrons. The lowest BCUT2D eigenvalue weighted by molar-refractivity contribution is 1.10. The van der Waals surface area contributed by atoms with E-state index in [1.54, 1.807) is 0 Å². The van der Waals surface area contributed by atoms with Gasteiger partial charge in [0.15, 0.2) is 0 Å². The van der Waals surface area contributed by atoms with Crippen molar-refractivity contribution in [3.05, 3.63) is 502 Å². The first-order valence-corrected chi connectivity index (χ1v) is 43.6. The van der Waals surface area contributed by atoms with Gasteiger partial charge >= 0.3 is 0 Å². The lowest BCUT2D eigenvalue weighted by Gasteiger charge is -2.30. The molecule has 0 saturated heterocycles. The fraction of sp³-hybridized carbons (Fsp3) is 0.100. The highest BCUT2D eigenvalue weighted by molar-refractivity contribution is 5.88. The van der Waals surface area contributed by atoms with E-state index in [0.29, 0.717) is 0 Å². The van der Waals surface area contributed by atoms with Crippen LogP contribution < -0.4 is 19.6 Å². The summed E-state index contributed by atoms with van der Waals surface area (Å²) in [6.07, 6.45) is 29.4. The summed E-state index contributed by atoms with van der Waals surface area (Å²) in [6.45, 7) is 17.8. The molecule has 0 saturated carbocycles. The number of anilines is 12. The Balaban J connectivity index is 0.000000192. The molecule has 0 unspecified atom stereocenters. The van der Waals surface area contributed by atoms with Gasteiger partial charge in [0, 0.05) is 45.5 Å². The number of hydrogen-bond donors (Lipinski definition) is 0. The second-order valence-electron chi connectivity index (χ2n) is 31.4. The molecule has 0 heterocycles. The van der Waals surface area contributed by atoms with Crippen LogP contribution in [0.3, 0.4) is 0 Å². The molecule has 0 aliphatic carbocycles. The lowest BCUT2D eigenvalue weighted by Crippen LogP contribution is -2.13. The Morgan fingerprint density at radius 2 is 0.323 bits per heavy atom. The molecule has 0 aliphatic heterocycles. The summed E-state index contributed by atoms with van der Waals surface area (Å²) < 4.78 is 0. The average Bonchev–Trinajstić information content (AvgIpc) is 0.788. The molecule has 4 heteroatoms. The van der Waals surface area contributed by atoms with Crippen LogP contribution in [0.1, 0.15) is 117 Å². The summed E-state index contributed by atoms with van der Waals surface area (Å²) >= 11 is 0. The molecule has 124 heavy (non-hydrogen) atoms. The highest BCUT2D eigenvalue weighted by Crippen LogP contribution is 2.46. The minimum atomic E-state index is 0.944. The minimum Gasteiger partial charge on any atom is -0.310 e. The third kappa shape index (κ3) is 20.8. The molecule has 0 amide bonds. The summed E-state index contributed by atoms with van der Waals surface area (Å²) in [5.74, 6) is 0. The Kier molecular flexibility index (Phi) is 28.1. The van der Waals surface area contributed by atoms with Crippen LogP contribution in [0.2, 0.25) is 0 Å². The zero-order valence-electron chi connectivity index (χ0n) is 72.5. The number of benzene rings is 16. The van der Waals surface area contributed by atoms with Gasteiger partial charge in [0.1, 0.15) is 0 Å².